The molecule has 2 aromatic heterocycles. The lowest BCUT2D eigenvalue weighted by Gasteiger charge is -2.13. The van der Waals surface area contributed by atoms with Crippen LogP contribution in [-0.4, -0.2) is 31.5 Å². The molecule has 0 bridgehead atoms. The SMILES string of the molecule is O[C@H](CNc1ccc2nnc(-c3ccccc3)n2n1)c1ccc(F)c(F)c1. The van der Waals surface area contributed by atoms with Gasteiger partial charge in [0, 0.05) is 12.1 Å². The van der Waals surface area contributed by atoms with E-state index in [-0.39, 0.29) is 12.1 Å². The van der Waals surface area contributed by atoms with Crippen LogP contribution in [0.4, 0.5) is 14.6 Å². The summed E-state index contributed by atoms with van der Waals surface area (Å²) in [7, 11) is 0. The average Bonchev–Trinajstić information content (AvgIpc) is 3.12. The highest BCUT2D eigenvalue weighted by molar-refractivity contribution is 5.59. The maximum Gasteiger partial charge on any atom is 0.185 e. The quantitative estimate of drug-likeness (QED) is 0.567. The van der Waals surface area contributed by atoms with E-state index >= 15 is 0 Å². The van der Waals surface area contributed by atoms with Gasteiger partial charge >= 0.3 is 0 Å². The fourth-order valence-corrected chi connectivity index (χ4v) is 2.69. The van der Waals surface area contributed by atoms with E-state index in [1.807, 2.05) is 30.3 Å². The van der Waals surface area contributed by atoms with Gasteiger partial charge in [-0.25, -0.2) is 8.78 Å². The van der Waals surface area contributed by atoms with E-state index in [1.54, 1.807) is 16.6 Å². The van der Waals surface area contributed by atoms with Gasteiger partial charge in [-0.1, -0.05) is 36.4 Å². The summed E-state index contributed by atoms with van der Waals surface area (Å²) < 4.78 is 27.9. The van der Waals surface area contributed by atoms with Crippen molar-refractivity contribution >= 4 is 11.5 Å². The van der Waals surface area contributed by atoms with Crippen molar-refractivity contribution in [3.05, 3.63) is 77.9 Å². The number of fused-ring (bicyclic) bond motifs is 1. The van der Waals surface area contributed by atoms with Crippen LogP contribution in [0.5, 0.6) is 0 Å². The summed E-state index contributed by atoms with van der Waals surface area (Å²) >= 11 is 0. The van der Waals surface area contributed by atoms with Gasteiger partial charge in [0.25, 0.3) is 0 Å². The Hall–Kier alpha value is -3.39. The van der Waals surface area contributed by atoms with E-state index in [9.17, 15) is 13.9 Å². The summed E-state index contributed by atoms with van der Waals surface area (Å²) in [5.41, 5.74) is 1.73. The van der Waals surface area contributed by atoms with E-state index < -0.39 is 17.7 Å². The number of nitrogens with zero attached hydrogens (tertiary/aromatic N) is 4. The summed E-state index contributed by atoms with van der Waals surface area (Å²) in [4.78, 5) is 0. The van der Waals surface area contributed by atoms with Crippen LogP contribution in [0, 0.1) is 11.6 Å². The smallest absolute Gasteiger partial charge is 0.185 e. The van der Waals surface area contributed by atoms with Crippen LogP contribution in [0.1, 0.15) is 11.7 Å². The number of aliphatic hydroxyl groups is 1. The van der Waals surface area contributed by atoms with Crippen LogP contribution in [0.25, 0.3) is 17.0 Å². The predicted molar refractivity (Wildman–Crippen MR) is 96.0 cm³/mol. The zero-order chi connectivity index (χ0) is 18.8. The second-order valence-corrected chi connectivity index (χ2v) is 5.95. The van der Waals surface area contributed by atoms with Gasteiger partial charge in [-0.2, -0.15) is 4.52 Å². The van der Waals surface area contributed by atoms with Crippen LogP contribution >= 0.6 is 0 Å². The molecule has 0 aliphatic heterocycles. The zero-order valence-corrected chi connectivity index (χ0v) is 14.0. The second-order valence-electron chi connectivity index (χ2n) is 5.95. The Balaban J connectivity index is 1.55. The number of halogens is 2. The van der Waals surface area contributed by atoms with Gasteiger partial charge in [-0.05, 0) is 29.8 Å². The Morgan fingerprint density at radius 3 is 2.56 bits per heavy atom. The van der Waals surface area contributed by atoms with Gasteiger partial charge in [0.05, 0.1) is 6.10 Å². The lowest BCUT2D eigenvalue weighted by molar-refractivity contribution is 0.191. The highest BCUT2D eigenvalue weighted by Gasteiger charge is 2.13. The molecular formula is C19H15F2N5O. The minimum atomic E-state index is -1.02. The Kier molecular flexibility index (Phi) is 4.47. The number of aromatic nitrogens is 4. The second kappa shape index (κ2) is 7.08. The fraction of sp³-hybridized carbons (Fsp3) is 0.105. The number of anilines is 1. The molecule has 0 fully saturated rings. The molecule has 0 saturated carbocycles. The van der Waals surface area contributed by atoms with Crippen molar-refractivity contribution in [3.63, 3.8) is 0 Å². The average molecular weight is 367 g/mol. The van der Waals surface area contributed by atoms with E-state index in [1.165, 1.54) is 6.07 Å². The third-order valence-electron chi connectivity index (χ3n) is 4.10. The summed E-state index contributed by atoms with van der Waals surface area (Å²) in [6, 6.07) is 16.3. The van der Waals surface area contributed by atoms with Crippen molar-refractivity contribution in [1.29, 1.82) is 0 Å². The molecule has 0 unspecified atom stereocenters. The lowest BCUT2D eigenvalue weighted by atomic mass is 10.1. The largest absolute Gasteiger partial charge is 0.387 e. The van der Waals surface area contributed by atoms with Gasteiger partial charge in [-0.15, -0.1) is 15.3 Å². The monoisotopic (exact) mass is 367 g/mol. The molecular weight excluding hydrogens is 352 g/mol. The minimum Gasteiger partial charge on any atom is -0.387 e. The molecule has 0 amide bonds. The molecule has 4 aromatic rings. The maximum atomic E-state index is 13.3. The first-order chi connectivity index (χ1) is 13.1. The van der Waals surface area contributed by atoms with E-state index in [0.29, 0.717) is 17.3 Å². The lowest BCUT2D eigenvalue weighted by Crippen LogP contribution is -2.14. The third kappa shape index (κ3) is 3.47. The molecule has 136 valence electrons. The number of nitrogens with one attached hydrogen (secondary N) is 1. The van der Waals surface area contributed by atoms with Crippen molar-refractivity contribution in [2.24, 2.45) is 0 Å². The number of hydrogen-bond acceptors (Lipinski definition) is 5. The molecule has 2 heterocycles. The Morgan fingerprint density at radius 1 is 0.963 bits per heavy atom. The first-order valence-electron chi connectivity index (χ1n) is 8.26. The standard InChI is InChI=1S/C19H15F2N5O/c20-14-7-6-13(10-15(14)21)16(27)11-22-17-8-9-18-23-24-19(26(18)25-17)12-4-2-1-3-5-12/h1-10,16,27H,11H2,(H,22,25)/t16-/m1/s1. The van der Waals surface area contributed by atoms with Crippen molar-refractivity contribution in [2.45, 2.75) is 6.10 Å². The molecule has 2 N–H and O–H groups in total. The van der Waals surface area contributed by atoms with Crippen LogP contribution < -0.4 is 5.32 Å². The summed E-state index contributed by atoms with van der Waals surface area (Å²) in [6.45, 7) is 0.0758. The molecule has 0 aliphatic rings. The van der Waals surface area contributed by atoms with E-state index in [0.717, 1.165) is 17.7 Å². The first-order valence-corrected chi connectivity index (χ1v) is 8.26. The maximum absolute atomic E-state index is 13.3. The number of rotatable bonds is 5. The molecule has 1 atom stereocenters. The summed E-state index contributed by atoms with van der Waals surface area (Å²) in [6.07, 6.45) is -1.02. The third-order valence-corrected chi connectivity index (χ3v) is 4.10. The Bertz CT molecular complexity index is 1080. The molecule has 2 aromatic carbocycles. The van der Waals surface area contributed by atoms with Gasteiger partial charge in [0.15, 0.2) is 23.1 Å². The van der Waals surface area contributed by atoms with Gasteiger partial charge < -0.3 is 10.4 Å². The number of benzene rings is 2. The molecule has 4 rings (SSSR count). The molecule has 0 aliphatic carbocycles. The normalized spacial score (nSPS) is 12.3. The van der Waals surface area contributed by atoms with Crippen molar-refractivity contribution < 1.29 is 13.9 Å². The predicted octanol–water partition coefficient (Wildman–Crippen LogP) is 3.22. The van der Waals surface area contributed by atoms with Gasteiger partial charge in [0.2, 0.25) is 0 Å². The highest BCUT2D eigenvalue weighted by Crippen LogP contribution is 2.19. The molecule has 8 heteroatoms. The Morgan fingerprint density at radius 2 is 1.78 bits per heavy atom. The summed E-state index contributed by atoms with van der Waals surface area (Å²) in [5, 5.41) is 25.9. The van der Waals surface area contributed by atoms with E-state index in [2.05, 4.69) is 20.6 Å². The molecule has 0 radical (unpaired) electrons. The van der Waals surface area contributed by atoms with E-state index in [4.69, 9.17) is 0 Å². The Labute approximate surface area is 153 Å². The van der Waals surface area contributed by atoms with Gasteiger partial charge in [-0.3, -0.25) is 0 Å². The van der Waals surface area contributed by atoms with Crippen molar-refractivity contribution in [2.75, 3.05) is 11.9 Å². The highest BCUT2D eigenvalue weighted by atomic mass is 19.2. The fourth-order valence-electron chi connectivity index (χ4n) is 2.69. The first kappa shape index (κ1) is 17.0. The van der Waals surface area contributed by atoms with Crippen LogP contribution in [0.15, 0.2) is 60.7 Å². The van der Waals surface area contributed by atoms with Gasteiger partial charge in [0.1, 0.15) is 5.82 Å². The van der Waals surface area contributed by atoms with Crippen molar-refractivity contribution in [3.8, 4) is 11.4 Å². The van der Waals surface area contributed by atoms with Crippen LogP contribution in [0.2, 0.25) is 0 Å². The number of aliphatic hydroxyl groups excluding tert-OH is 1. The van der Waals surface area contributed by atoms with Crippen molar-refractivity contribution in [1.82, 2.24) is 19.8 Å². The summed E-state index contributed by atoms with van der Waals surface area (Å²) in [5.74, 6) is -0.869. The van der Waals surface area contributed by atoms with Crippen LogP contribution in [0.3, 0.4) is 0 Å². The van der Waals surface area contributed by atoms with Crippen LogP contribution in [-0.2, 0) is 0 Å². The minimum absolute atomic E-state index is 0.0758. The topological polar surface area (TPSA) is 75.3 Å². The molecule has 0 saturated heterocycles. The number of hydrogen-bond donors (Lipinski definition) is 2. The molecule has 6 nitrogen and oxygen atoms in total. The molecule has 27 heavy (non-hydrogen) atoms. The zero-order valence-electron chi connectivity index (χ0n) is 14.0. The molecule has 0 spiro atoms.